The van der Waals surface area contributed by atoms with E-state index in [1.54, 1.807) is 0 Å². The van der Waals surface area contributed by atoms with Crippen molar-refractivity contribution in [2.45, 2.75) is 33.0 Å². The molecule has 0 N–H and O–H groups in total. The van der Waals surface area contributed by atoms with E-state index in [1.165, 1.54) is 27.5 Å². The van der Waals surface area contributed by atoms with Crippen LogP contribution in [-0.4, -0.2) is 40.5 Å². The summed E-state index contributed by atoms with van der Waals surface area (Å²) in [5.74, 6) is 0. The smallest absolute Gasteiger partial charge is 0.0769 e. The van der Waals surface area contributed by atoms with Gasteiger partial charge < -0.3 is 4.90 Å². The number of hydrogen-bond acceptors (Lipinski definition) is 5. The largest absolute Gasteiger partial charge is 0.303 e. The Morgan fingerprint density at radius 3 is 2.29 bits per heavy atom. The zero-order valence-corrected chi connectivity index (χ0v) is 14.3. The molecule has 0 spiro atoms. The highest BCUT2D eigenvalue weighted by atomic mass is 32.1. The zero-order valence-electron chi connectivity index (χ0n) is 13.5. The van der Waals surface area contributed by atoms with Gasteiger partial charge in [-0.05, 0) is 57.6 Å². The predicted octanol–water partition coefficient (Wildman–Crippen LogP) is 3.10. The minimum Gasteiger partial charge on any atom is -0.303 e. The first-order chi connectivity index (χ1) is 9.97. The van der Waals surface area contributed by atoms with Crippen molar-refractivity contribution < 1.29 is 0 Å². The number of nitrogens with zero attached hydrogens (tertiary/aromatic N) is 4. The molecule has 1 atom stereocenters. The minimum atomic E-state index is 0.447. The summed E-state index contributed by atoms with van der Waals surface area (Å²) in [5, 5.41) is 4.06. The van der Waals surface area contributed by atoms with E-state index in [1.807, 2.05) is 6.92 Å². The van der Waals surface area contributed by atoms with Gasteiger partial charge in [-0.3, -0.25) is 4.90 Å². The summed E-state index contributed by atoms with van der Waals surface area (Å²) in [6.45, 7) is 6.08. The van der Waals surface area contributed by atoms with Crippen molar-refractivity contribution in [1.29, 1.82) is 0 Å². The molecule has 1 unspecified atom stereocenters. The Kier molecular flexibility index (Phi) is 5.45. The number of aromatic nitrogens is 2. The van der Waals surface area contributed by atoms with Gasteiger partial charge >= 0.3 is 0 Å². The van der Waals surface area contributed by atoms with Crippen molar-refractivity contribution in [2.24, 2.45) is 0 Å². The first kappa shape index (κ1) is 16.1. The van der Waals surface area contributed by atoms with E-state index >= 15 is 0 Å². The van der Waals surface area contributed by atoms with E-state index in [0.29, 0.717) is 6.04 Å². The molecule has 1 aromatic heterocycles. The van der Waals surface area contributed by atoms with Crippen molar-refractivity contribution in [2.75, 3.05) is 21.1 Å². The average Bonchev–Trinajstić information content (AvgIpc) is 2.84. The Balaban J connectivity index is 1.95. The van der Waals surface area contributed by atoms with Crippen LogP contribution in [0.2, 0.25) is 0 Å². The summed E-state index contributed by atoms with van der Waals surface area (Å²) in [5.41, 5.74) is 3.73. The first-order valence-corrected chi connectivity index (χ1v) is 7.96. The van der Waals surface area contributed by atoms with Crippen LogP contribution in [0, 0.1) is 6.92 Å². The fourth-order valence-corrected chi connectivity index (χ4v) is 2.92. The fourth-order valence-electron chi connectivity index (χ4n) is 2.21. The van der Waals surface area contributed by atoms with Gasteiger partial charge in [0.15, 0.2) is 0 Å². The van der Waals surface area contributed by atoms with Crippen molar-refractivity contribution in [3.63, 3.8) is 0 Å². The molecule has 21 heavy (non-hydrogen) atoms. The molecule has 0 amide bonds. The van der Waals surface area contributed by atoms with Crippen LogP contribution in [0.15, 0.2) is 24.3 Å². The summed E-state index contributed by atoms with van der Waals surface area (Å²) >= 11 is 1.49. The maximum absolute atomic E-state index is 4.06. The van der Waals surface area contributed by atoms with Crippen LogP contribution in [0.1, 0.15) is 34.7 Å². The minimum absolute atomic E-state index is 0.447. The molecule has 0 fully saturated rings. The van der Waals surface area contributed by atoms with Crippen LogP contribution < -0.4 is 0 Å². The SMILES string of the molecule is Cc1nnsc1CN(C)Cc1ccc(C(C)N(C)C)cc1. The van der Waals surface area contributed by atoms with Gasteiger partial charge in [0.1, 0.15) is 0 Å². The van der Waals surface area contributed by atoms with Crippen LogP contribution in [0.3, 0.4) is 0 Å². The Morgan fingerprint density at radius 1 is 1.10 bits per heavy atom. The third kappa shape index (κ3) is 4.33. The molecular weight excluding hydrogens is 280 g/mol. The van der Waals surface area contributed by atoms with Crippen LogP contribution in [0.5, 0.6) is 0 Å². The lowest BCUT2D eigenvalue weighted by Crippen LogP contribution is -2.18. The Labute approximate surface area is 131 Å². The highest BCUT2D eigenvalue weighted by molar-refractivity contribution is 7.05. The number of rotatable bonds is 6. The van der Waals surface area contributed by atoms with Crippen LogP contribution in [0.4, 0.5) is 0 Å². The standard InChI is InChI=1S/C16H24N4S/c1-12-16(21-18-17-12)11-20(5)10-14-6-8-15(9-7-14)13(2)19(3)4/h6-9,13H,10-11H2,1-5H3. The second kappa shape index (κ2) is 7.11. The maximum atomic E-state index is 4.06. The number of hydrogen-bond donors (Lipinski definition) is 0. The Morgan fingerprint density at radius 2 is 1.76 bits per heavy atom. The van der Waals surface area contributed by atoms with Crippen LogP contribution in [-0.2, 0) is 13.1 Å². The lowest BCUT2D eigenvalue weighted by atomic mass is 10.1. The molecule has 114 valence electrons. The fraction of sp³-hybridized carbons (Fsp3) is 0.500. The van der Waals surface area contributed by atoms with Crippen molar-refractivity contribution in [3.05, 3.63) is 46.0 Å². The molecule has 0 aliphatic rings. The molecule has 0 saturated carbocycles. The molecule has 0 bridgehead atoms. The van der Waals surface area contributed by atoms with Gasteiger partial charge in [0.25, 0.3) is 0 Å². The number of benzene rings is 1. The van der Waals surface area contributed by atoms with E-state index in [9.17, 15) is 0 Å². The second-order valence-corrected chi connectivity index (χ2v) is 6.67. The summed E-state index contributed by atoms with van der Waals surface area (Å²) in [6.07, 6.45) is 0. The lowest BCUT2D eigenvalue weighted by Gasteiger charge is -2.21. The van der Waals surface area contributed by atoms with Gasteiger partial charge in [0, 0.05) is 19.1 Å². The van der Waals surface area contributed by atoms with E-state index in [0.717, 1.165) is 18.8 Å². The van der Waals surface area contributed by atoms with Crippen molar-refractivity contribution in [1.82, 2.24) is 19.4 Å². The van der Waals surface area contributed by atoms with Crippen molar-refractivity contribution >= 4 is 11.5 Å². The van der Waals surface area contributed by atoms with Gasteiger partial charge in [0.05, 0.1) is 10.6 Å². The highest BCUT2D eigenvalue weighted by Gasteiger charge is 2.09. The molecule has 2 aromatic rings. The van der Waals surface area contributed by atoms with Crippen molar-refractivity contribution in [3.8, 4) is 0 Å². The molecule has 1 aromatic carbocycles. The molecule has 4 nitrogen and oxygen atoms in total. The topological polar surface area (TPSA) is 32.3 Å². The molecule has 5 heteroatoms. The van der Waals surface area contributed by atoms with Crippen LogP contribution in [0.25, 0.3) is 0 Å². The van der Waals surface area contributed by atoms with Gasteiger partial charge in [-0.1, -0.05) is 28.8 Å². The van der Waals surface area contributed by atoms with E-state index in [4.69, 9.17) is 0 Å². The van der Waals surface area contributed by atoms with Gasteiger partial charge in [-0.15, -0.1) is 5.10 Å². The molecule has 0 aliphatic carbocycles. The third-order valence-corrected chi connectivity index (χ3v) is 4.66. The first-order valence-electron chi connectivity index (χ1n) is 7.19. The zero-order chi connectivity index (χ0) is 15.4. The monoisotopic (exact) mass is 304 g/mol. The van der Waals surface area contributed by atoms with E-state index in [2.05, 4.69) is 71.7 Å². The molecule has 0 radical (unpaired) electrons. The third-order valence-electron chi connectivity index (χ3n) is 3.85. The second-order valence-electron chi connectivity index (χ2n) is 5.83. The predicted molar refractivity (Wildman–Crippen MR) is 88.4 cm³/mol. The Bertz CT molecular complexity index is 562. The quantitative estimate of drug-likeness (QED) is 0.821. The molecule has 0 saturated heterocycles. The Hall–Kier alpha value is -1.30. The summed E-state index contributed by atoms with van der Waals surface area (Å²) in [7, 11) is 6.35. The summed E-state index contributed by atoms with van der Waals surface area (Å²) in [4.78, 5) is 5.77. The van der Waals surface area contributed by atoms with Crippen LogP contribution >= 0.6 is 11.5 Å². The maximum Gasteiger partial charge on any atom is 0.0769 e. The molecule has 1 heterocycles. The average molecular weight is 304 g/mol. The lowest BCUT2D eigenvalue weighted by molar-refractivity contribution is 0.317. The van der Waals surface area contributed by atoms with Gasteiger partial charge in [-0.2, -0.15) is 0 Å². The normalized spacial score (nSPS) is 13.1. The number of aryl methyl sites for hydroxylation is 1. The molecule has 0 aliphatic heterocycles. The van der Waals surface area contributed by atoms with E-state index in [-0.39, 0.29) is 0 Å². The van der Waals surface area contributed by atoms with Gasteiger partial charge in [0.2, 0.25) is 0 Å². The highest BCUT2D eigenvalue weighted by Crippen LogP contribution is 2.19. The molecule has 2 rings (SSSR count). The molecular formula is C16H24N4S. The van der Waals surface area contributed by atoms with E-state index < -0.39 is 0 Å². The van der Waals surface area contributed by atoms with Gasteiger partial charge in [-0.25, -0.2) is 0 Å². The summed E-state index contributed by atoms with van der Waals surface area (Å²) in [6, 6.07) is 9.36. The summed E-state index contributed by atoms with van der Waals surface area (Å²) < 4.78 is 3.99.